The second-order valence-corrected chi connectivity index (χ2v) is 12.9. The number of carbonyl (C=O) groups is 4. The van der Waals surface area contributed by atoms with Crippen LogP contribution in [0.4, 0.5) is 11.6 Å². The molecule has 2 N–H and O–H groups in total. The van der Waals surface area contributed by atoms with Gasteiger partial charge in [-0.15, -0.1) is 5.10 Å². The molecule has 0 saturated carbocycles. The van der Waals surface area contributed by atoms with Gasteiger partial charge in [-0.3, -0.25) is 9.59 Å². The molecule has 17 nitrogen and oxygen atoms in total. The molecule has 0 saturated heterocycles. The van der Waals surface area contributed by atoms with E-state index in [1.54, 1.807) is 29.2 Å². The minimum Gasteiger partial charge on any atom is -0.479 e. The maximum absolute atomic E-state index is 13.2. The maximum atomic E-state index is 13.2. The Bertz CT molecular complexity index is 2730. The van der Waals surface area contributed by atoms with Crippen LogP contribution >= 0.6 is 23.2 Å². The summed E-state index contributed by atoms with van der Waals surface area (Å²) in [4.78, 5) is 66.2. The number of carbonyl (C=O) groups excluding carboxylic acids is 4. The highest BCUT2D eigenvalue weighted by molar-refractivity contribution is 6.31. The Balaban J connectivity index is 0.000000201. The summed E-state index contributed by atoms with van der Waals surface area (Å²) >= 11 is 12.0. The number of aryl methyl sites for hydroxylation is 1. The van der Waals surface area contributed by atoms with Crippen molar-refractivity contribution in [1.29, 1.82) is 0 Å². The summed E-state index contributed by atoms with van der Waals surface area (Å²) < 4.78 is 21.1. The van der Waals surface area contributed by atoms with Gasteiger partial charge in [-0.25, -0.2) is 24.2 Å². The zero-order valence-corrected chi connectivity index (χ0v) is 33.5. The quantitative estimate of drug-likeness (QED) is 0.139. The van der Waals surface area contributed by atoms with Gasteiger partial charge in [-0.05, 0) is 51.7 Å². The summed E-state index contributed by atoms with van der Waals surface area (Å²) in [6, 6.07) is 22.1. The summed E-state index contributed by atoms with van der Waals surface area (Å²) in [6.07, 6.45) is 3.36. The lowest BCUT2D eigenvalue weighted by Gasteiger charge is -2.13. The van der Waals surface area contributed by atoms with Gasteiger partial charge in [0.05, 0.1) is 41.2 Å². The average molecular weight is 839 g/mol. The molecular formula is C40H33Cl2N9O8. The third kappa shape index (κ3) is 9.01. The van der Waals surface area contributed by atoms with Gasteiger partial charge in [-0.2, -0.15) is 9.97 Å². The van der Waals surface area contributed by atoms with Crippen molar-refractivity contribution in [2.24, 2.45) is 0 Å². The van der Waals surface area contributed by atoms with Crippen LogP contribution in [0.1, 0.15) is 52.8 Å². The van der Waals surface area contributed by atoms with Gasteiger partial charge in [0.15, 0.2) is 33.3 Å². The summed E-state index contributed by atoms with van der Waals surface area (Å²) in [5.41, 5.74) is 2.39. The fraction of sp³-hybridized carbons (Fsp3) is 0.150. The molecule has 59 heavy (non-hydrogen) atoms. The van der Waals surface area contributed by atoms with Gasteiger partial charge < -0.3 is 29.6 Å². The number of rotatable bonds is 10. The number of halogens is 2. The fourth-order valence-electron chi connectivity index (χ4n) is 5.90. The largest absolute Gasteiger partial charge is 0.479 e. The molecule has 19 heteroatoms. The van der Waals surface area contributed by atoms with Crippen LogP contribution in [0, 0.1) is 6.92 Å². The number of fused-ring (bicyclic) bond motifs is 2. The van der Waals surface area contributed by atoms with Crippen LogP contribution in [0.25, 0.3) is 21.5 Å². The van der Waals surface area contributed by atoms with Gasteiger partial charge in [0, 0.05) is 17.3 Å². The maximum Gasteiger partial charge on any atom is 0.360 e. The van der Waals surface area contributed by atoms with Crippen LogP contribution in [0.3, 0.4) is 0 Å². The normalized spacial score (nSPS) is 10.6. The Kier molecular flexibility index (Phi) is 12.9. The van der Waals surface area contributed by atoms with E-state index in [0.29, 0.717) is 17.7 Å². The second-order valence-electron chi connectivity index (χ2n) is 12.2. The molecule has 3 heterocycles. The summed E-state index contributed by atoms with van der Waals surface area (Å²) in [7, 11) is 5.07. The lowest BCUT2D eigenvalue weighted by atomic mass is 9.99. The van der Waals surface area contributed by atoms with Gasteiger partial charge in [0.2, 0.25) is 0 Å². The van der Waals surface area contributed by atoms with E-state index in [0.717, 1.165) is 32.7 Å². The van der Waals surface area contributed by atoms with Gasteiger partial charge >= 0.3 is 11.9 Å². The van der Waals surface area contributed by atoms with E-state index in [-0.39, 0.29) is 45.1 Å². The molecule has 0 unspecified atom stereocenters. The minimum atomic E-state index is -0.796. The van der Waals surface area contributed by atoms with Crippen molar-refractivity contribution in [1.82, 2.24) is 34.9 Å². The van der Waals surface area contributed by atoms with Gasteiger partial charge in [-0.1, -0.05) is 89.1 Å². The number of nitrogens with one attached hydrogen (secondary N) is 2. The van der Waals surface area contributed by atoms with Crippen molar-refractivity contribution in [3.8, 4) is 11.8 Å². The Hall–Kier alpha value is -7.24. The minimum absolute atomic E-state index is 0.0455. The first-order chi connectivity index (χ1) is 28.5. The third-order valence-corrected chi connectivity index (χ3v) is 9.20. The molecule has 0 bridgehead atoms. The number of hydrogen-bond donors (Lipinski definition) is 2. The van der Waals surface area contributed by atoms with E-state index in [9.17, 15) is 19.2 Å². The first kappa shape index (κ1) is 41.4. The molecule has 3 aromatic heterocycles. The molecule has 7 aromatic rings. The zero-order chi connectivity index (χ0) is 42.2. The highest BCUT2D eigenvalue weighted by Gasteiger charge is 2.24. The van der Waals surface area contributed by atoms with Crippen LogP contribution in [-0.4, -0.2) is 87.1 Å². The van der Waals surface area contributed by atoms with Crippen LogP contribution in [0.15, 0.2) is 85.2 Å². The van der Waals surface area contributed by atoms with Crippen molar-refractivity contribution in [3.63, 3.8) is 0 Å². The lowest BCUT2D eigenvalue weighted by molar-refractivity contribution is 0.0585. The third-order valence-electron chi connectivity index (χ3n) is 8.71. The van der Waals surface area contributed by atoms with E-state index in [2.05, 4.69) is 40.9 Å². The Morgan fingerprint density at radius 1 is 0.627 bits per heavy atom. The predicted molar refractivity (Wildman–Crippen MR) is 218 cm³/mol. The molecule has 0 aliphatic heterocycles. The van der Waals surface area contributed by atoms with E-state index in [1.807, 2.05) is 67.6 Å². The van der Waals surface area contributed by atoms with Crippen molar-refractivity contribution < 1.29 is 38.1 Å². The summed E-state index contributed by atoms with van der Waals surface area (Å²) in [5, 5.41) is 16.1. The smallest absolute Gasteiger partial charge is 0.360 e. The predicted octanol–water partition coefficient (Wildman–Crippen LogP) is 6.61. The number of anilines is 2. The number of hydrogen-bond acceptors (Lipinski definition) is 14. The second kappa shape index (κ2) is 18.4. The van der Waals surface area contributed by atoms with E-state index < -0.39 is 23.8 Å². The Morgan fingerprint density at radius 2 is 1.10 bits per heavy atom. The van der Waals surface area contributed by atoms with Crippen LogP contribution in [0.2, 0.25) is 10.3 Å². The molecule has 0 atom stereocenters. The zero-order valence-electron chi connectivity index (χ0n) is 31.9. The highest BCUT2D eigenvalue weighted by atomic mass is 35.5. The van der Waals surface area contributed by atoms with Gasteiger partial charge in [0.25, 0.3) is 23.6 Å². The SMILES string of the molecule is COC(=O)c1nc(OC)c(Cl)nc1NC(=O)c1ccc(C)c2ccccc12.COC(=O)c1nc(OC)c(Cl)nc1NC(=O)c1ccc(Cn2ccnn2)c2ccccc12. The topological polar surface area (TPSA) is 212 Å². The number of amides is 2. The van der Waals surface area contributed by atoms with E-state index in [1.165, 1.54) is 28.4 Å². The molecular weight excluding hydrogens is 805 g/mol. The van der Waals surface area contributed by atoms with Crippen LogP contribution in [-0.2, 0) is 16.0 Å². The monoisotopic (exact) mass is 837 g/mol. The van der Waals surface area contributed by atoms with Crippen molar-refractivity contribution in [2.75, 3.05) is 39.1 Å². The molecule has 300 valence electrons. The summed E-state index contributed by atoms with van der Waals surface area (Å²) in [5.74, 6) is -2.87. The van der Waals surface area contributed by atoms with Crippen molar-refractivity contribution >= 4 is 80.1 Å². The number of benzene rings is 4. The van der Waals surface area contributed by atoms with Crippen LogP contribution < -0.4 is 20.1 Å². The molecule has 4 aromatic carbocycles. The first-order valence-electron chi connectivity index (χ1n) is 17.3. The Morgan fingerprint density at radius 3 is 1.58 bits per heavy atom. The molecule has 2 amide bonds. The molecule has 0 fully saturated rings. The van der Waals surface area contributed by atoms with E-state index in [4.69, 9.17) is 42.1 Å². The fourth-order valence-corrected chi connectivity index (χ4v) is 6.31. The number of nitrogens with zero attached hydrogens (tertiary/aromatic N) is 7. The molecule has 0 radical (unpaired) electrons. The average Bonchev–Trinajstić information content (AvgIpc) is 3.77. The van der Waals surface area contributed by atoms with Crippen LogP contribution in [0.5, 0.6) is 11.8 Å². The number of ether oxygens (including phenoxy) is 4. The number of aromatic nitrogens is 7. The lowest BCUT2D eigenvalue weighted by Crippen LogP contribution is -2.19. The van der Waals surface area contributed by atoms with E-state index >= 15 is 0 Å². The molecule has 0 spiro atoms. The van der Waals surface area contributed by atoms with Crippen molar-refractivity contribution in [3.05, 3.63) is 129 Å². The number of esters is 2. The first-order valence-corrected chi connectivity index (χ1v) is 18.1. The standard InChI is InChI=1S/C21H17ClN6O4.C19H16ClN3O4/c1-31-20-17(22)25-18(16(24-20)21(30)32-2)26-19(29)15-8-7-12(11-28-10-9-23-27-28)13-5-3-4-6-14(13)15;1-10-8-9-13(12-7-5-4-6-11(10)12)17(24)23-16-14(19(25)27-3)21-18(26-2)15(20)22-16/h3-10H,11H2,1-2H3,(H,25,26,29);4-9H,1-3H3,(H,22,23,24). The summed E-state index contributed by atoms with van der Waals surface area (Å²) in [6.45, 7) is 2.46. The number of methoxy groups -OCH3 is 4. The molecule has 0 aliphatic carbocycles. The Labute approximate surface area is 345 Å². The highest BCUT2D eigenvalue weighted by Crippen LogP contribution is 2.29. The molecule has 0 aliphatic rings. The van der Waals surface area contributed by atoms with Crippen molar-refractivity contribution in [2.45, 2.75) is 13.5 Å². The molecule has 7 rings (SSSR count). The van der Waals surface area contributed by atoms with Gasteiger partial charge in [0.1, 0.15) is 0 Å².